The van der Waals surface area contributed by atoms with Crippen LogP contribution in [-0.4, -0.2) is 59.3 Å². The first-order chi connectivity index (χ1) is 14.3. The SMILES string of the molecule is CC(=O)N(c1nc(C=CC(=O)N2CCN(CC(C)C)CC2)cs1)c1ccccc1F. The van der Waals surface area contributed by atoms with E-state index in [0.717, 1.165) is 19.6 Å². The zero-order valence-electron chi connectivity index (χ0n) is 17.5. The number of halogens is 1. The topological polar surface area (TPSA) is 56.8 Å². The smallest absolute Gasteiger partial charge is 0.246 e. The Labute approximate surface area is 180 Å². The molecule has 1 saturated heterocycles. The van der Waals surface area contributed by atoms with Gasteiger partial charge in [-0.25, -0.2) is 9.37 Å². The van der Waals surface area contributed by atoms with E-state index < -0.39 is 5.82 Å². The number of piperazine rings is 1. The van der Waals surface area contributed by atoms with E-state index in [0.29, 0.717) is 29.8 Å². The van der Waals surface area contributed by atoms with E-state index in [9.17, 15) is 14.0 Å². The van der Waals surface area contributed by atoms with Crippen molar-refractivity contribution in [3.63, 3.8) is 0 Å². The second-order valence-corrected chi connectivity index (χ2v) is 8.55. The van der Waals surface area contributed by atoms with Crippen LogP contribution in [0.3, 0.4) is 0 Å². The predicted octanol–water partition coefficient (Wildman–Crippen LogP) is 3.78. The molecule has 2 aromatic rings. The van der Waals surface area contributed by atoms with Gasteiger partial charge >= 0.3 is 0 Å². The van der Waals surface area contributed by atoms with Gasteiger partial charge < -0.3 is 4.90 Å². The summed E-state index contributed by atoms with van der Waals surface area (Å²) in [5, 5.41) is 2.11. The summed E-state index contributed by atoms with van der Waals surface area (Å²) in [6.07, 6.45) is 3.15. The van der Waals surface area contributed by atoms with E-state index in [1.54, 1.807) is 23.6 Å². The highest BCUT2D eigenvalue weighted by atomic mass is 32.1. The minimum Gasteiger partial charge on any atom is -0.337 e. The van der Waals surface area contributed by atoms with Crippen molar-refractivity contribution in [2.45, 2.75) is 20.8 Å². The minimum absolute atomic E-state index is 0.0497. The molecule has 160 valence electrons. The number of aromatic nitrogens is 1. The molecular weight excluding hydrogens is 403 g/mol. The quantitative estimate of drug-likeness (QED) is 0.655. The number of amides is 2. The molecule has 0 unspecified atom stereocenters. The van der Waals surface area contributed by atoms with Crippen molar-refractivity contribution < 1.29 is 14.0 Å². The molecular formula is C22H27FN4O2S. The van der Waals surface area contributed by atoms with Crippen LogP contribution < -0.4 is 4.90 Å². The fourth-order valence-corrected chi connectivity index (χ4v) is 4.27. The van der Waals surface area contributed by atoms with Gasteiger partial charge in [-0.3, -0.25) is 19.4 Å². The normalized spacial score (nSPS) is 15.2. The van der Waals surface area contributed by atoms with Gasteiger partial charge in [0, 0.05) is 51.1 Å². The van der Waals surface area contributed by atoms with E-state index in [2.05, 4.69) is 23.7 Å². The molecule has 0 spiro atoms. The van der Waals surface area contributed by atoms with Crippen molar-refractivity contribution in [1.29, 1.82) is 0 Å². The van der Waals surface area contributed by atoms with Gasteiger partial charge in [0.15, 0.2) is 5.13 Å². The van der Waals surface area contributed by atoms with Gasteiger partial charge in [-0.2, -0.15) is 0 Å². The Morgan fingerprint density at radius 1 is 1.23 bits per heavy atom. The third kappa shape index (κ3) is 5.52. The number of thiazole rings is 1. The Bertz CT molecular complexity index is 919. The fraction of sp³-hybridized carbons (Fsp3) is 0.409. The van der Waals surface area contributed by atoms with Crippen molar-refractivity contribution >= 4 is 40.0 Å². The molecule has 1 aromatic heterocycles. The van der Waals surface area contributed by atoms with Crippen molar-refractivity contribution in [3.05, 3.63) is 47.2 Å². The van der Waals surface area contributed by atoms with E-state index in [1.807, 2.05) is 4.90 Å². The van der Waals surface area contributed by atoms with Crippen LogP contribution >= 0.6 is 11.3 Å². The summed E-state index contributed by atoms with van der Waals surface area (Å²) in [6, 6.07) is 6.08. The van der Waals surface area contributed by atoms with E-state index >= 15 is 0 Å². The predicted molar refractivity (Wildman–Crippen MR) is 118 cm³/mol. The molecule has 0 saturated carbocycles. The lowest BCUT2D eigenvalue weighted by Crippen LogP contribution is -2.49. The van der Waals surface area contributed by atoms with Crippen LogP contribution in [0.15, 0.2) is 35.7 Å². The lowest BCUT2D eigenvalue weighted by atomic mass is 10.2. The van der Waals surface area contributed by atoms with Crippen LogP contribution in [0.1, 0.15) is 26.5 Å². The summed E-state index contributed by atoms with van der Waals surface area (Å²) in [5.41, 5.74) is 0.717. The molecule has 0 atom stereocenters. The van der Waals surface area contributed by atoms with Gasteiger partial charge in [-0.1, -0.05) is 26.0 Å². The van der Waals surface area contributed by atoms with Gasteiger partial charge in [-0.15, -0.1) is 11.3 Å². The van der Waals surface area contributed by atoms with Crippen molar-refractivity contribution in [2.24, 2.45) is 5.92 Å². The first kappa shape index (κ1) is 22.1. The molecule has 2 heterocycles. The number of para-hydroxylation sites is 1. The zero-order chi connectivity index (χ0) is 21.7. The lowest BCUT2D eigenvalue weighted by molar-refractivity contribution is -0.127. The van der Waals surface area contributed by atoms with Crippen LogP contribution in [0, 0.1) is 11.7 Å². The molecule has 1 aromatic carbocycles. The Hall–Kier alpha value is -2.58. The summed E-state index contributed by atoms with van der Waals surface area (Å²) in [4.78, 5) is 34.5. The van der Waals surface area contributed by atoms with Gasteiger partial charge in [0.05, 0.1) is 11.4 Å². The maximum absolute atomic E-state index is 14.2. The maximum atomic E-state index is 14.2. The Morgan fingerprint density at radius 2 is 1.93 bits per heavy atom. The molecule has 0 aliphatic carbocycles. The van der Waals surface area contributed by atoms with E-state index in [-0.39, 0.29) is 17.5 Å². The molecule has 1 aliphatic rings. The van der Waals surface area contributed by atoms with Crippen molar-refractivity contribution in [2.75, 3.05) is 37.6 Å². The number of carbonyl (C=O) groups excluding carboxylic acids is 2. The van der Waals surface area contributed by atoms with Crippen LogP contribution in [-0.2, 0) is 9.59 Å². The Balaban J connectivity index is 1.65. The zero-order valence-corrected chi connectivity index (χ0v) is 18.4. The number of anilines is 2. The maximum Gasteiger partial charge on any atom is 0.246 e. The third-order valence-electron chi connectivity index (χ3n) is 4.81. The second-order valence-electron chi connectivity index (χ2n) is 7.71. The minimum atomic E-state index is -0.494. The van der Waals surface area contributed by atoms with Crippen LogP contribution in [0.2, 0.25) is 0 Å². The molecule has 30 heavy (non-hydrogen) atoms. The van der Waals surface area contributed by atoms with E-state index in [4.69, 9.17) is 0 Å². The standard InChI is InChI=1S/C22H27FN4O2S/c1-16(2)14-25-10-12-26(13-11-25)21(29)9-8-18-15-30-22(24-18)27(17(3)28)20-7-5-4-6-19(20)23/h4-9,15-16H,10-14H2,1-3H3. The average Bonchev–Trinajstić information content (AvgIpc) is 3.16. The average molecular weight is 431 g/mol. The number of hydrogen-bond acceptors (Lipinski definition) is 5. The highest BCUT2D eigenvalue weighted by Gasteiger charge is 2.22. The largest absolute Gasteiger partial charge is 0.337 e. The van der Waals surface area contributed by atoms with Crippen molar-refractivity contribution in [1.82, 2.24) is 14.8 Å². The summed E-state index contributed by atoms with van der Waals surface area (Å²) in [6.45, 7) is 10.0. The molecule has 0 bridgehead atoms. The fourth-order valence-electron chi connectivity index (χ4n) is 3.43. The van der Waals surface area contributed by atoms with Gasteiger partial charge in [0.1, 0.15) is 5.82 Å². The summed E-state index contributed by atoms with van der Waals surface area (Å²) >= 11 is 1.23. The molecule has 2 amide bonds. The van der Waals surface area contributed by atoms with Gasteiger partial charge in [-0.05, 0) is 24.1 Å². The first-order valence-corrected chi connectivity index (χ1v) is 10.9. The number of nitrogens with zero attached hydrogens (tertiary/aromatic N) is 4. The Morgan fingerprint density at radius 3 is 2.57 bits per heavy atom. The molecule has 0 radical (unpaired) electrons. The van der Waals surface area contributed by atoms with Gasteiger partial charge in [0.25, 0.3) is 0 Å². The molecule has 0 N–H and O–H groups in total. The van der Waals surface area contributed by atoms with Crippen molar-refractivity contribution in [3.8, 4) is 0 Å². The number of hydrogen-bond donors (Lipinski definition) is 0. The Kier molecular flexibility index (Phi) is 7.33. The molecule has 6 nitrogen and oxygen atoms in total. The number of rotatable bonds is 6. The van der Waals surface area contributed by atoms with Crippen LogP contribution in [0.4, 0.5) is 15.2 Å². The highest BCUT2D eigenvalue weighted by molar-refractivity contribution is 7.14. The summed E-state index contributed by atoms with van der Waals surface area (Å²) in [5.74, 6) is -0.261. The van der Waals surface area contributed by atoms with Crippen LogP contribution in [0.25, 0.3) is 6.08 Å². The van der Waals surface area contributed by atoms with E-state index in [1.165, 1.54) is 41.4 Å². The molecule has 1 fully saturated rings. The summed E-state index contributed by atoms with van der Waals surface area (Å²) in [7, 11) is 0. The van der Waals surface area contributed by atoms with Crippen LogP contribution in [0.5, 0.6) is 0 Å². The third-order valence-corrected chi connectivity index (χ3v) is 5.66. The monoisotopic (exact) mass is 430 g/mol. The lowest BCUT2D eigenvalue weighted by Gasteiger charge is -2.35. The summed E-state index contributed by atoms with van der Waals surface area (Å²) < 4.78 is 14.2. The number of carbonyl (C=O) groups is 2. The molecule has 8 heteroatoms. The molecule has 1 aliphatic heterocycles. The van der Waals surface area contributed by atoms with Gasteiger partial charge in [0.2, 0.25) is 11.8 Å². The second kappa shape index (κ2) is 9.95. The molecule has 3 rings (SSSR count). The number of benzene rings is 1. The first-order valence-electron chi connectivity index (χ1n) is 10.0. The highest BCUT2D eigenvalue weighted by Crippen LogP contribution is 2.31.